The molecule has 0 saturated carbocycles. The fourth-order valence-corrected chi connectivity index (χ4v) is 1.21. The Hall–Kier alpha value is -1.55. The van der Waals surface area contributed by atoms with Crippen LogP contribution in [0, 0.1) is 0 Å². The van der Waals surface area contributed by atoms with Gasteiger partial charge in [0.05, 0.1) is 5.02 Å². The zero-order valence-corrected chi connectivity index (χ0v) is 7.32. The Balaban J connectivity index is 2.52. The number of aromatic nitrogens is 2. The summed E-state index contributed by atoms with van der Waals surface area (Å²) in [6.45, 7) is 0. The maximum atomic E-state index is 5.91. The first kappa shape index (κ1) is 8.07. The zero-order chi connectivity index (χ0) is 9.26. The molecule has 2 rings (SSSR count). The van der Waals surface area contributed by atoms with Crippen LogP contribution in [0.5, 0.6) is 0 Å². The van der Waals surface area contributed by atoms with Crippen molar-refractivity contribution in [3.05, 3.63) is 29.3 Å². The van der Waals surface area contributed by atoms with Gasteiger partial charge in [-0.25, -0.2) is 0 Å². The van der Waals surface area contributed by atoms with Gasteiger partial charge in [0, 0.05) is 5.56 Å². The van der Waals surface area contributed by atoms with Crippen molar-refractivity contribution in [2.24, 2.45) is 0 Å². The van der Waals surface area contributed by atoms with Crippen LogP contribution in [0.4, 0.5) is 6.01 Å². The summed E-state index contributed by atoms with van der Waals surface area (Å²) >= 11 is 5.91. The molecule has 2 N–H and O–H groups in total. The average molecular weight is 196 g/mol. The summed E-state index contributed by atoms with van der Waals surface area (Å²) in [5.41, 5.74) is 6.00. The zero-order valence-electron chi connectivity index (χ0n) is 6.57. The molecule has 0 atom stereocenters. The minimum absolute atomic E-state index is 0.0370. The summed E-state index contributed by atoms with van der Waals surface area (Å²) in [6.07, 6.45) is 0. The fourth-order valence-electron chi connectivity index (χ4n) is 0.987. The van der Waals surface area contributed by atoms with Gasteiger partial charge in [-0.1, -0.05) is 28.9 Å². The summed E-state index contributed by atoms with van der Waals surface area (Å²) in [7, 11) is 0. The van der Waals surface area contributed by atoms with Crippen molar-refractivity contribution in [2.75, 3.05) is 5.73 Å². The number of anilines is 1. The van der Waals surface area contributed by atoms with E-state index in [0.717, 1.165) is 0 Å². The largest absolute Gasteiger partial charge is 0.351 e. The van der Waals surface area contributed by atoms with Gasteiger partial charge in [-0.05, 0) is 12.1 Å². The van der Waals surface area contributed by atoms with Crippen LogP contribution in [0.1, 0.15) is 0 Å². The number of halogens is 1. The Morgan fingerprint density at radius 3 is 2.69 bits per heavy atom. The van der Waals surface area contributed by atoms with Crippen molar-refractivity contribution in [1.29, 1.82) is 0 Å². The van der Waals surface area contributed by atoms with Gasteiger partial charge in [-0.2, -0.15) is 4.98 Å². The van der Waals surface area contributed by atoms with E-state index in [4.69, 9.17) is 17.3 Å². The molecule has 13 heavy (non-hydrogen) atoms. The van der Waals surface area contributed by atoms with Gasteiger partial charge in [0.2, 0.25) is 5.82 Å². The van der Waals surface area contributed by atoms with E-state index >= 15 is 0 Å². The van der Waals surface area contributed by atoms with Crippen molar-refractivity contribution in [2.45, 2.75) is 0 Å². The summed E-state index contributed by atoms with van der Waals surface area (Å²) in [4.78, 5) is 3.86. The van der Waals surface area contributed by atoms with E-state index < -0.39 is 0 Å². The predicted molar refractivity (Wildman–Crippen MR) is 49.2 cm³/mol. The number of rotatable bonds is 1. The molecule has 0 bridgehead atoms. The molecule has 0 aliphatic rings. The molecular weight excluding hydrogens is 190 g/mol. The smallest absolute Gasteiger partial charge is 0.319 e. The first-order chi connectivity index (χ1) is 6.27. The molecule has 2 aromatic rings. The van der Waals surface area contributed by atoms with Gasteiger partial charge in [0.1, 0.15) is 0 Å². The maximum Gasteiger partial charge on any atom is 0.319 e. The maximum absolute atomic E-state index is 5.91. The van der Waals surface area contributed by atoms with Crippen LogP contribution in [0.3, 0.4) is 0 Å². The first-order valence-corrected chi connectivity index (χ1v) is 3.99. The second-order valence-corrected chi connectivity index (χ2v) is 2.84. The third kappa shape index (κ3) is 1.48. The van der Waals surface area contributed by atoms with E-state index in [2.05, 4.69) is 14.7 Å². The minimum Gasteiger partial charge on any atom is -0.351 e. The lowest BCUT2D eigenvalue weighted by molar-refractivity contribution is 0.437. The van der Waals surface area contributed by atoms with Crippen molar-refractivity contribution < 1.29 is 4.52 Å². The number of benzene rings is 1. The highest BCUT2D eigenvalue weighted by molar-refractivity contribution is 6.33. The molecule has 1 aromatic heterocycles. The van der Waals surface area contributed by atoms with Gasteiger partial charge in [-0.3, -0.25) is 0 Å². The highest BCUT2D eigenvalue weighted by Crippen LogP contribution is 2.24. The van der Waals surface area contributed by atoms with E-state index in [1.165, 1.54) is 0 Å². The van der Waals surface area contributed by atoms with Crippen LogP contribution in [-0.2, 0) is 0 Å². The monoisotopic (exact) mass is 195 g/mol. The molecule has 0 saturated heterocycles. The van der Waals surface area contributed by atoms with Crippen LogP contribution in [-0.4, -0.2) is 10.1 Å². The summed E-state index contributed by atoms with van der Waals surface area (Å²) in [5, 5.41) is 4.22. The SMILES string of the molecule is Nc1nc(-c2ccccc2Cl)no1. The van der Waals surface area contributed by atoms with Gasteiger partial charge >= 0.3 is 6.01 Å². The van der Waals surface area contributed by atoms with Gasteiger partial charge in [0.15, 0.2) is 0 Å². The van der Waals surface area contributed by atoms with E-state index in [9.17, 15) is 0 Å². The highest BCUT2D eigenvalue weighted by atomic mass is 35.5. The van der Waals surface area contributed by atoms with Gasteiger partial charge < -0.3 is 10.3 Å². The average Bonchev–Trinajstić information content (AvgIpc) is 2.53. The van der Waals surface area contributed by atoms with Crippen molar-refractivity contribution in [3.8, 4) is 11.4 Å². The molecule has 1 heterocycles. The molecule has 0 unspecified atom stereocenters. The minimum atomic E-state index is 0.0370. The number of nitrogens with zero attached hydrogens (tertiary/aromatic N) is 2. The number of hydrogen-bond acceptors (Lipinski definition) is 4. The van der Waals surface area contributed by atoms with E-state index in [1.54, 1.807) is 12.1 Å². The van der Waals surface area contributed by atoms with Crippen molar-refractivity contribution >= 4 is 17.6 Å². The quantitative estimate of drug-likeness (QED) is 0.756. The summed E-state index contributed by atoms with van der Waals surface area (Å²) < 4.78 is 4.63. The Morgan fingerprint density at radius 2 is 2.08 bits per heavy atom. The molecule has 1 aromatic carbocycles. The van der Waals surface area contributed by atoms with Crippen LogP contribution in [0.25, 0.3) is 11.4 Å². The van der Waals surface area contributed by atoms with Gasteiger partial charge in [0.25, 0.3) is 0 Å². The lowest BCUT2D eigenvalue weighted by atomic mass is 10.2. The lowest BCUT2D eigenvalue weighted by Gasteiger charge is -1.95. The standard InChI is InChI=1S/C8H6ClN3O/c9-6-4-2-1-3-5(6)7-11-8(10)13-12-7/h1-4H,(H2,10,11,12). The highest BCUT2D eigenvalue weighted by Gasteiger charge is 2.08. The normalized spacial score (nSPS) is 10.2. The summed E-state index contributed by atoms with van der Waals surface area (Å²) in [6, 6.07) is 7.26. The number of hydrogen-bond donors (Lipinski definition) is 1. The van der Waals surface area contributed by atoms with Gasteiger partial charge in [-0.15, -0.1) is 0 Å². The second kappa shape index (κ2) is 3.06. The Bertz CT molecular complexity index is 427. The molecule has 0 aliphatic carbocycles. The molecule has 0 amide bonds. The number of nitrogen functional groups attached to an aromatic ring is 1. The first-order valence-electron chi connectivity index (χ1n) is 3.61. The molecule has 0 spiro atoms. The van der Waals surface area contributed by atoms with E-state index in [0.29, 0.717) is 16.4 Å². The molecule has 0 radical (unpaired) electrons. The fraction of sp³-hybridized carbons (Fsp3) is 0. The lowest BCUT2D eigenvalue weighted by Crippen LogP contribution is -1.84. The van der Waals surface area contributed by atoms with Crippen LogP contribution in [0.2, 0.25) is 5.02 Å². The van der Waals surface area contributed by atoms with Crippen LogP contribution >= 0.6 is 11.6 Å². The van der Waals surface area contributed by atoms with E-state index in [1.807, 2.05) is 12.1 Å². The Kier molecular flexibility index (Phi) is 1.90. The Labute approximate surface area is 79.3 Å². The van der Waals surface area contributed by atoms with E-state index in [-0.39, 0.29) is 6.01 Å². The van der Waals surface area contributed by atoms with Crippen molar-refractivity contribution in [1.82, 2.24) is 10.1 Å². The van der Waals surface area contributed by atoms with Crippen molar-refractivity contribution in [3.63, 3.8) is 0 Å². The predicted octanol–water partition coefficient (Wildman–Crippen LogP) is 1.97. The Morgan fingerprint density at radius 1 is 1.31 bits per heavy atom. The van der Waals surface area contributed by atoms with Crippen LogP contribution < -0.4 is 5.73 Å². The molecular formula is C8H6ClN3O. The van der Waals surface area contributed by atoms with Crippen LogP contribution in [0.15, 0.2) is 28.8 Å². The third-order valence-corrected chi connectivity index (χ3v) is 1.89. The third-order valence-electron chi connectivity index (χ3n) is 1.56. The number of nitrogens with two attached hydrogens (primary N) is 1. The molecule has 4 nitrogen and oxygen atoms in total. The molecule has 0 fully saturated rings. The molecule has 0 aliphatic heterocycles. The second-order valence-electron chi connectivity index (χ2n) is 2.44. The molecule has 5 heteroatoms. The topological polar surface area (TPSA) is 64.9 Å². The molecule has 66 valence electrons. The summed E-state index contributed by atoms with van der Waals surface area (Å²) in [5.74, 6) is 0.406.